The van der Waals surface area contributed by atoms with Crippen LogP contribution in [-0.4, -0.2) is 24.2 Å². The standard InChI is InChI=1S/C17H24N2O/c1-4-6-13(2)18-11-12-20-16-8-5-7-15-10-9-14(3)19-17(15)16/h5,7-10,13,18H,4,6,11-12H2,1-3H3. The Bertz CT molecular complexity index is 554. The molecule has 3 nitrogen and oxygen atoms in total. The molecular weight excluding hydrogens is 248 g/mol. The van der Waals surface area contributed by atoms with E-state index in [0.29, 0.717) is 12.6 Å². The minimum Gasteiger partial charge on any atom is -0.490 e. The maximum Gasteiger partial charge on any atom is 0.145 e. The van der Waals surface area contributed by atoms with Crippen LogP contribution < -0.4 is 10.1 Å². The quantitative estimate of drug-likeness (QED) is 0.780. The Morgan fingerprint density at radius 3 is 2.90 bits per heavy atom. The van der Waals surface area contributed by atoms with Crippen LogP contribution in [0, 0.1) is 6.92 Å². The zero-order chi connectivity index (χ0) is 14.4. The molecule has 3 heteroatoms. The molecule has 2 rings (SSSR count). The monoisotopic (exact) mass is 272 g/mol. The van der Waals surface area contributed by atoms with Gasteiger partial charge in [0.15, 0.2) is 0 Å². The highest BCUT2D eigenvalue weighted by atomic mass is 16.5. The van der Waals surface area contributed by atoms with Gasteiger partial charge < -0.3 is 10.1 Å². The summed E-state index contributed by atoms with van der Waals surface area (Å²) in [7, 11) is 0. The van der Waals surface area contributed by atoms with Crippen molar-refractivity contribution in [2.75, 3.05) is 13.2 Å². The molecule has 0 spiro atoms. The Balaban J connectivity index is 1.94. The molecule has 0 amide bonds. The van der Waals surface area contributed by atoms with Crippen molar-refractivity contribution in [2.45, 2.75) is 39.7 Å². The lowest BCUT2D eigenvalue weighted by atomic mass is 10.2. The van der Waals surface area contributed by atoms with Crippen LogP contribution in [0.5, 0.6) is 5.75 Å². The second-order valence-electron chi connectivity index (χ2n) is 5.27. The van der Waals surface area contributed by atoms with Crippen molar-refractivity contribution >= 4 is 10.9 Å². The number of aromatic nitrogens is 1. The largest absolute Gasteiger partial charge is 0.490 e. The molecule has 1 aromatic heterocycles. The van der Waals surface area contributed by atoms with E-state index in [2.05, 4.69) is 36.3 Å². The molecule has 0 bridgehead atoms. The summed E-state index contributed by atoms with van der Waals surface area (Å²) < 4.78 is 5.88. The summed E-state index contributed by atoms with van der Waals surface area (Å²) in [5.74, 6) is 0.871. The molecule has 0 saturated carbocycles. The van der Waals surface area contributed by atoms with Gasteiger partial charge in [-0.2, -0.15) is 0 Å². The predicted molar refractivity (Wildman–Crippen MR) is 84.3 cm³/mol. The van der Waals surface area contributed by atoms with Gasteiger partial charge in [-0.15, -0.1) is 0 Å². The van der Waals surface area contributed by atoms with Crippen LogP contribution in [0.1, 0.15) is 32.4 Å². The molecule has 108 valence electrons. The number of hydrogen-bond acceptors (Lipinski definition) is 3. The Kier molecular flexibility index (Phi) is 5.36. The van der Waals surface area contributed by atoms with Crippen LogP contribution in [-0.2, 0) is 0 Å². The second-order valence-corrected chi connectivity index (χ2v) is 5.27. The Hall–Kier alpha value is -1.61. The lowest BCUT2D eigenvalue weighted by molar-refractivity contribution is 0.307. The number of benzene rings is 1. The van der Waals surface area contributed by atoms with Gasteiger partial charge in [-0.3, -0.25) is 0 Å². The fraction of sp³-hybridized carbons (Fsp3) is 0.471. The number of para-hydroxylation sites is 1. The predicted octanol–water partition coefficient (Wildman–Crippen LogP) is 3.70. The van der Waals surface area contributed by atoms with Crippen LogP contribution in [0.25, 0.3) is 10.9 Å². The van der Waals surface area contributed by atoms with E-state index < -0.39 is 0 Å². The highest BCUT2D eigenvalue weighted by Crippen LogP contribution is 2.23. The second kappa shape index (κ2) is 7.25. The number of nitrogens with zero attached hydrogens (tertiary/aromatic N) is 1. The number of fused-ring (bicyclic) bond motifs is 1. The van der Waals surface area contributed by atoms with Crippen molar-refractivity contribution in [1.29, 1.82) is 0 Å². The van der Waals surface area contributed by atoms with E-state index in [-0.39, 0.29) is 0 Å². The first-order valence-electron chi connectivity index (χ1n) is 7.43. The van der Waals surface area contributed by atoms with E-state index in [9.17, 15) is 0 Å². The minimum atomic E-state index is 0.552. The summed E-state index contributed by atoms with van der Waals surface area (Å²) in [5, 5.41) is 4.59. The molecule has 0 aliphatic carbocycles. The van der Waals surface area contributed by atoms with Crippen LogP contribution in [0.15, 0.2) is 30.3 Å². The molecule has 20 heavy (non-hydrogen) atoms. The third kappa shape index (κ3) is 3.94. The van der Waals surface area contributed by atoms with Crippen LogP contribution in [0.4, 0.5) is 0 Å². The topological polar surface area (TPSA) is 34.1 Å². The van der Waals surface area contributed by atoms with Crippen LogP contribution in [0.2, 0.25) is 0 Å². The van der Waals surface area contributed by atoms with Gasteiger partial charge in [-0.25, -0.2) is 4.98 Å². The molecular formula is C17H24N2O. The first kappa shape index (κ1) is 14.8. The minimum absolute atomic E-state index is 0.552. The van der Waals surface area contributed by atoms with Gasteiger partial charge in [0.2, 0.25) is 0 Å². The summed E-state index contributed by atoms with van der Waals surface area (Å²) in [4.78, 5) is 4.57. The van der Waals surface area contributed by atoms with Gasteiger partial charge in [-0.05, 0) is 32.4 Å². The van der Waals surface area contributed by atoms with E-state index >= 15 is 0 Å². The summed E-state index contributed by atoms with van der Waals surface area (Å²) in [6.07, 6.45) is 2.41. The normalized spacial score (nSPS) is 12.6. The summed E-state index contributed by atoms with van der Waals surface area (Å²) >= 11 is 0. The van der Waals surface area contributed by atoms with Crippen molar-refractivity contribution in [2.24, 2.45) is 0 Å². The molecule has 1 aromatic carbocycles. The zero-order valence-corrected chi connectivity index (χ0v) is 12.6. The maximum absolute atomic E-state index is 5.88. The highest BCUT2D eigenvalue weighted by Gasteiger charge is 2.04. The number of hydrogen-bond donors (Lipinski definition) is 1. The number of pyridine rings is 1. The summed E-state index contributed by atoms with van der Waals surface area (Å²) in [6, 6.07) is 10.7. The zero-order valence-electron chi connectivity index (χ0n) is 12.6. The first-order chi connectivity index (χ1) is 9.70. The molecule has 1 heterocycles. The molecule has 0 aliphatic heterocycles. The smallest absolute Gasteiger partial charge is 0.145 e. The molecule has 0 aliphatic rings. The molecule has 2 aromatic rings. The van der Waals surface area contributed by atoms with Crippen molar-refractivity contribution in [3.8, 4) is 5.75 Å². The van der Waals surface area contributed by atoms with Gasteiger partial charge in [-0.1, -0.05) is 31.5 Å². The SMILES string of the molecule is CCCC(C)NCCOc1cccc2ccc(C)nc12. The van der Waals surface area contributed by atoms with Crippen LogP contribution in [0.3, 0.4) is 0 Å². The maximum atomic E-state index is 5.88. The summed E-state index contributed by atoms with van der Waals surface area (Å²) in [6.45, 7) is 7.96. The number of rotatable bonds is 7. The molecule has 0 saturated heterocycles. The third-order valence-electron chi connectivity index (χ3n) is 3.40. The fourth-order valence-electron chi connectivity index (χ4n) is 2.34. The summed E-state index contributed by atoms with van der Waals surface area (Å²) in [5.41, 5.74) is 1.97. The number of nitrogens with one attached hydrogen (secondary N) is 1. The molecule has 1 N–H and O–H groups in total. The highest BCUT2D eigenvalue weighted by molar-refractivity contribution is 5.84. The Morgan fingerprint density at radius 1 is 1.25 bits per heavy atom. The van der Waals surface area contributed by atoms with E-state index in [1.165, 1.54) is 12.8 Å². The van der Waals surface area contributed by atoms with Gasteiger partial charge in [0.05, 0.1) is 0 Å². The van der Waals surface area contributed by atoms with Crippen molar-refractivity contribution in [3.63, 3.8) is 0 Å². The third-order valence-corrected chi connectivity index (χ3v) is 3.40. The number of aryl methyl sites for hydroxylation is 1. The molecule has 0 fully saturated rings. The van der Waals surface area contributed by atoms with Gasteiger partial charge >= 0.3 is 0 Å². The van der Waals surface area contributed by atoms with Gasteiger partial charge in [0, 0.05) is 23.7 Å². The lowest BCUT2D eigenvalue weighted by Crippen LogP contribution is -2.30. The molecule has 1 unspecified atom stereocenters. The average molecular weight is 272 g/mol. The van der Waals surface area contributed by atoms with E-state index in [1.54, 1.807) is 0 Å². The van der Waals surface area contributed by atoms with Crippen molar-refractivity contribution < 1.29 is 4.74 Å². The average Bonchev–Trinajstić information content (AvgIpc) is 2.44. The van der Waals surface area contributed by atoms with E-state index in [0.717, 1.165) is 28.9 Å². The number of ether oxygens (including phenoxy) is 1. The Labute approximate surface area is 121 Å². The van der Waals surface area contributed by atoms with E-state index in [1.807, 2.05) is 25.1 Å². The van der Waals surface area contributed by atoms with Crippen molar-refractivity contribution in [3.05, 3.63) is 36.0 Å². The first-order valence-corrected chi connectivity index (χ1v) is 7.43. The molecule has 1 atom stereocenters. The van der Waals surface area contributed by atoms with E-state index in [4.69, 9.17) is 4.74 Å². The van der Waals surface area contributed by atoms with Gasteiger partial charge in [0.1, 0.15) is 17.9 Å². The van der Waals surface area contributed by atoms with Gasteiger partial charge in [0.25, 0.3) is 0 Å². The van der Waals surface area contributed by atoms with Crippen molar-refractivity contribution in [1.82, 2.24) is 10.3 Å². The Morgan fingerprint density at radius 2 is 2.10 bits per heavy atom. The molecule has 0 radical (unpaired) electrons. The van der Waals surface area contributed by atoms with Crippen LogP contribution >= 0.6 is 0 Å². The fourth-order valence-corrected chi connectivity index (χ4v) is 2.34. The lowest BCUT2D eigenvalue weighted by Gasteiger charge is -2.13.